The van der Waals surface area contributed by atoms with Crippen molar-refractivity contribution >= 4 is 27.3 Å². The fraction of sp³-hybridized carbons (Fsp3) is 0.458. The van der Waals surface area contributed by atoms with Crippen molar-refractivity contribution in [3.05, 3.63) is 59.2 Å². The van der Waals surface area contributed by atoms with E-state index in [2.05, 4.69) is 41.4 Å². The highest BCUT2D eigenvalue weighted by atomic mass is 32.2. The maximum absolute atomic E-state index is 12.9. The normalized spacial score (nSPS) is 17.8. The summed E-state index contributed by atoms with van der Waals surface area (Å²) in [4.78, 5) is 15.4. The summed E-state index contributed by atoms with van der Waals surface area (Å²) >= 11 is 0. The van der Waals surface area contributed by atoms with E-state index < -0.39 is 10.0 Å². The van der Waals surface area contributed by atoms with Gasteiger partial charge < -0.3 is 10.2 Å². The Morgan fingerprint density at radius 3 is 2.48 bits per heavy atom. The van der Waals surface area contributed by atoms with Crippen LogP contribution >= 0.6 is 0 Å². The molecule has 3 rings (SSSR count). The van der Waals surface area contributed by atoms with Gasteiger partial charge in [0.25, 0.3) is 5.91 Å². The topological polar surface area (TPSA) is 69.7 Å². The van der Waals surface area contributed by atoms with Gasteiger partial charge in [0.2, 0.25) is 10.0 Å². The van der Waals surface area contributed by atoms with Gasteiger partial charge in [-0.15, -0.1) is 0 Å². The van der Waals surface area contributed by atoms with E-state index in [-0.39, 0.29) is 11.9 Å². The molecular weight excluding hydrogens is 410 g/mol. The molecule has 2 atom stereocenters. The number of carbonyl (C=O) groups excluding carboxylic acids is 1. The number of nitrogens with one attached hydrogen (secondary N) is 1. The number of hydrogen-bond acceptors (Lipinski definition) is 4. The Morgan fingerprint density at radius 1 is 1.19 bits per heavy atom. The quantitative estimate of drug-likeness (QED) is 0.729. The van der Waals surface area contributed by atoms with Crippen LogP contribution in [0, 0.1) is 12.8 Å². The highest BCUT2D eigenvalue weighted by Gasteiger charge is 2.20. The Balaban J connectivity index is 1.72. The summed E-state index contributed by atoms with van der Waals surface area (Å²) in [7, 11) is -1.91. The molecule has 0 aromatic heterocycles. The first kappa shape index (κ1) is 23.1. The molecule has 7 heteroatoms. The van der Waals surface area contributed by atoms with Gasteiger partial charge in [-0.05, 0) is 68.0 Å². The second-order valence-corrected chi connectivity index (χ2v) is 10.7. The molecule has 0 bridgehead atoms. The summed E-state index contributed by atoms with van der Waals surface area (Å²) in [5.74, 6) is 0.495. The number of benzene rings is 2. The van der Waals surface area contributed by atoms with Gasteiger partial charge >= 0.3 is 0 Å². The minimum Gasteiger partial charge on any atom is -0.371 e. The number of carbonyl (C=O) groups is 1. The van der Waals surface area contributed by atoms with Crippen molar-refractivity contribution in [2.24, 2.45) is 5.92 Å². The lowest BCUT2D eigenvalue weighted by atomic mass is 9.99. The van der Waals surface area contributed by atoms with E-state index in [0.717, 1.165) is 24.9 Å². The van der Waals surface area contributed by atoms with E-state index in [1.165, 1.54) is 29.9 Å². The van der Waals surface area contributed by atoms with Gasteiger partial charge in [0, 0.05) is 31.4 Å². The molecule has 1 saturated heterocycles. The summed E-state index contributed by atoms with van der Waals surface area (Å²) in [6.07, 6.45) is 3.66. The van der Waals surface area contributed by atoms with Crippen LogP contribution in [0.2, 0.25) is 0 Å². The van der Waals surface area contributed by atoms with Gasteiger partial charge in [0.05, 0.1) is 18.0 Å². The average molecular weight is 444 g/mol. The number of hydrogen-bond donors (Lipinski definition) is 1. The first-order chi connectivity index (χ1) is 14.6. The van der Waals surface area contributed by atoms with Crippen LogP contribution in [0.4, 0.5) is 11.4 Å². The zero-order valence-electron chi connectivity index (χ0n) is 19.1. The molecule has 1 N–H and O–H groups in total. The molecule has 0 saturated carbocycles. The van der Waals surface area contributed by atoms with Crippen molar-refractivity contribution in [3.63, 3.8) is 0 Å². The molecule has 1 amide bonds. The Labute approximate surface area is 186 Å². The van der Waals surface area contributed by atoms with Gasteiger partial charge in [0.1, 0.15) is 0 Å². The summed E-state index contributed by atoms with van der Waals surface area (Å²) in [6, 6.07) is 13.4. The van der Waals surface area contributed by atoms with Crippen LogP contribution in [-0.4, -0.2) is 40.7 Å². The van der Waals surface area contributed by atoms with E-state index >= 15 is 0 Å². The molecule has 0 spiro atoms. The SMILES string of the molecule is Cc1c(C(=O)N[C@@H](C)c2ccc(N3CCC[C@@H](C)C3)cc2)cccc1N(C)S(C)(=O)=O. The summed E-state index contributed by atoms with van der Waals surface area (Å²) in [5.41, 5.74) is 3.86. The molecule has 0 unspecified atom stereocenters. The highest BCUT2D eigenvalue weighted by Crippen LogP contribution is 2.26. The zero-order chi connectivity index (χ0) is 22.8. The summed E-state index contributed by atoms with van der Waals surface area (Å²) < 4.78 is 25.0. The van der Waals surface area contributed by atoms with E-state index in [4.69, 9.17) is 0 Å². The Hall–Kier alpha value is -2.54. The van der Waals surface area contributed by atoms with Gasteiger partial charge in [-0.3, -0.25) is 9.10 Å². The number of anilines is 2. The first-order valence-corrected chi connectivity index (χ1v) is 12.6. The second kappa shape index (κ2) is 9.30. The number of piperidine rings is 1. The van der Waals surface area contributed by atoms with E-state index in [1.54, 1.807) is 25.1 Å². The molecule has 168 valence electrons. The van der Waals surface area contributed by atoms with Crippen LogP contribution in [0.15, 0.2) is 42.5 Å². The van der Waals surface area contributed by atoms with Crippen molar-refractivity contribution in [2.75, 3.05) is 35.6 Å². The third-order valence-electron chi connectivity index (χ3n) is 6.15. The van der Waals surface area contributed by atoms with Crippen molar-refractivity contribution in [3.8, 4) is 0 Å². The van der Waals surface area contributed by atoms with E-state index in [0.29, 0.717) is 22.7 Å². The van der Waals surface area contributed by atoms with Gasteiger partial charge in [-0.1, -0.05) is 25.1 Å². The summed E-state index contributed by atoms with van der Waals surface area (Å²) in [5, 5.41) is 3.04. The number of rotatable bonds is 6. The third-order valence-corrected chi connectivity index (χ3v) is 7.34. The fourth-order valence-electron chi connectivity index (χ4n) is 4.14. The molecule has 1 heterocycles. The maximum Gasteiger partial charge on any atom is 0.252 e. The largest absolute Gasteiger partial charge is 0.371 e. The molecule has 6 nitrogen and oxygen atoms in total. The van der Waals surface area contributed by atoms with E-state index in [9.17, 15) is 13.2 Å². The second-order valence-electron chi connectivity index (χ2n) is 8.66. The van der Waals surface area contributed by atoms with Gasteiger partial charge in [0.15, 0.2) is 0 Å². The molecule has 1 fully saturated rings. The predicted octanol–water partition coefficient (Wildman–Crippen LogP) is 4.12. The lowest BCUT2D eigenvalue weighted by molar-refractivity contribution is 0.0939. The van der Waals surface area contributed by atoms with Crippen LogP contribution in [0.1, 0.15) is 54.2 Å². The first-order valence-electron chi connectivity index (χ1n) is 10.8. The minimum atomic E-state index is -3.41. The van der Waals surface area contributed by atoms with Crippen molar-refractivity contribution in [1.82, 2.24) is 5.32 Å². The zero-order valence-corrected chi connectivity index (χ0v) is 19.9. The standard InChI is InChI=1S/C24H33N3O3S/c1-17-8-7-15-27(16-17)21-13-11-20(12-14-21)19(3)25-24(28)22-9-6-10-23(18(22)2)26(4)31(5,29)30/h6,9-14,17,19H,7-8,15-16H2,1-5H3,(H,25,28)/t17-,19+/m1/s1. The number of amides is 1. The highest BCUT2D eigenvalue weighted by molar-refractivity contribution is 7.92. The average Bonchev–Trinajstić information content (AvgIpc) is 2.72. The Morgan fingerprint density at radius 2 is 1.87 bits per heavy atom. The van der Waals surface area contributed by atoms with Gasteiger partial charge in [-0.2, -0.15) is 0 Å². The van der Waals surface area contributed by atoms with E-state index in [1.807, 2.05) is 6.92 Å². The molecule has 0 radical (unpaired) electrons. The Kier molecular flexibility index (Phi) is 6.94. The molecule has 2 aromatic rings. The molecule has 0 aliphatic carbocycles. The van der Waals surface area contributed by atoms with Crippen molar-refractivity contribution in [1.29, 1.82) is 0 Å². The molecule has 1 aliphatic heterocycles. The lowest BCUT2D eigenvalue weighted by Crippen LogP contribution is -2.34. The van der Waals surface area contributed by atoms with Crippen molar-refractivity contribution in [2.45, 2.75) is 39.7 Å². The smallest absolute Gasteiger partial charge is 0.252 e. The third kappa shape index (κ3) is 5.39. The maximum atomic E-state index is 12.9. The molecule has 31 heavy (non-hydrogen) atoms. The fourth-order valence-corrected chi connectivity index (χ4v) is 4.70. The van der Waals surface area contributed by atoms with Crippen LogP contribution in [0.25, 0.3) is 0 Å². The monoisotopic (exact) mass is 443 g/mol. The number of sulfonamides is 1. The lowest BCUT2D eigenvalue weighted by Gasteiger charge is -2.33. The van der Waals surface area contributed by atoms with Crippen LogP contribution in [0.3, 0.4) is 0 Å². The van der Waals surface area contributed by atoms with Gasteiger partial charge in [-0.25, -0.2) is 8.42 Å². The summed E-state index contributed by atoms with van der Waals surface area (Å²) in [6.45, 7) is 8.20. The Bertz CT molecular complexity index is 1030. The molecule has 2 aromatic carbocycles. The minimum absolute atomic E-state index is 0.169. The molecule has 1 aliphatic rings. The van der Waals surface area contributed by atoms with Crippen LogP contribution in [-0.2, 0) is 10.0 Å². The van der Waals surface area contributed by atoms with Crippen LogP contribution < -0.4 is 14.5 Å². The van der Waals surface area contributed by atoms with Crippen LogP contribution in [0.5, 0.6) is 0 Å². The van der Waals surface area contributed by atoms with Crippen molar-refractivity contribution < 1.29 is 13.2 Å². The predicted molar refractivity (Wildman–Crippen MR) is 127 cm³/mol. The molecular formula is C24H33N3O3S. The number of nitrogens with zero attached hydrogens (tertiary/aromatic N) is 2.